The number of fused-ring (bicyclic) bond motifs is 1. The molecule has 0 saturated carbocycles. The lowest BCUT2D eigenvalue weighted by molar-refractivity contribution is -0.385. The van der Waals surface area contributed by atoms with E-state index in [-0.39, 0.29) is 10.6 Å². The van der Waals surface area contributed by atoms with Crippen molar-refractivity contribution in [1.29, 1.82) is 0 Å². The number of rotatable bonds is 3. The molecule has 0 bridgehead atoms. The molecular weight excluding hydrogens is 296 g/mol. The molecule has 23 heavy (non-hydrogen) atoms. The third kappa shape index (κ3) is 4.86. The lowest BCUT2D eigenvalue weighted by Gasteiger charge is -2.24. The number of aromatic amines is 1. The van der Waals surface area contributed by atoms with E-state index in [1.807, 2.05) is 13.1 Å². The Balaban J connectivity index is 0.000000185. The molecule has 3 rings (SSSR count). The second-order valence-corrected chi connectivity index (χ2v) is 5.20. The van der Waals surface area contributed by atoms with Crippen LogP contribution in [-0.4, -0.2) is 39.7 Å². The van der Waals surface area contributed by atoms with Crippen molar-refractivity contribution < 1.29 is 9.72 Å². The van der Waals surface area contributed by atoms with Crippen molar-refractivity contribution in [3.8, 4) is 0 Å². The highest BCUT2D eigenvalue weighted by Crippen LogP contribution is 2.22. The average Bonchev–Trinajstić information content (AvgIpc) is 3.06. The van der Waals surface area contributed by atoms with Gasteiger partial charge in [0, 0.05) is 25.2 Å². The van der Waals surface area contributed by atoms with Crippen molar-refractivity contribution >= 4 is 18.0 Å². The summed E-state index contributed by atoms with van der Waals surface area (Å²) in [6.07, 6.45) is 7.97. The number of aldehydes is 1. The summed E-state index contributed by atoms with van der Waals surface area (Å²) in [4.78, 5) is 28.7. The Kier molecular flexibility index (Phi) is 5.76. The molecular formula is C16H18N4O3. The number of carbonyl (C=O) groups is 1. The molecule has 120 valence electrons. The molecule has 0 fully saturated rings. The Hall–Kier alpha value is -2.80. The first kappa shape index (κ1) is 16.6. The second kappa shape index (κ2) is 8.00. The molecule has 1 aliphatic rings. The Morgan fingerprint density at radius 2 is 2.22 bits per heavy atom. The molecule has 0 amide bonds. The summed E-state index contributed by atoms with van der Waals surface area (Å²) < 4.78 is 0. The third-order valence-corrected chi connectivity index (χ3v) is 3.48. The van der Waals surface area contributed by atoms with Gasteiger partial charge in [-0.2, -0.15) is 0 Å². The van der Waals surface area contributed by atoms with E-state index in [9.17, 15) is 14.9 Å². The summed E-state index contributed by atoms with van der Waals surface area (Å²) in [5, 5.41) is 10.6. The number of nitrogens with zero attached hydrogens (tertiary/aromatic N) is 3. The van der Waals surface area contributed by atoms with Crippen LogP contribution in [0.15, 0.2) is 36.8 Å². The molecule has 7 heteroatoms. The van der Waals surface area contributed by atoms with Crippen LogP contribution in [0.1, 0.15) is 16.8 Å². The molecule has 0 spiro atoms. The summed E-state index contributed by atoms with van der Waals surface area (Å²) in [5.41, 5.74) is 3.36. The number of imidazole rings is 1. The summed E-state index contributed by atoms with van der Waals surface area (Å²) >= 11 is 0. The lowest BCUT2D eigenvalue weighted by Crippen LogP contribution is -2.26. The number of nitrogens with one attached hydrogen (secondary N) is 1. The summed E-state index contributed by atoms with van der Waals surface area (Å²) in [6, 6.07) is 5.15. The van der Waals surface area contributed by atoms with E-state index < -0.39 is 0 Å². The van der Waals surface area contributed by atoms with E-state index in [4.69, 9.17) is 0 Å². The Morgan fingerprint density at radius 3 is 2.87 bits per heavy atom. The molecule has 1 aliphatic heterocycles. The van der Waals surface area contributed by atoms with Crippen LogP contribution in [0.4, 0.5) is 5.69 Å². The van der Waals surface area contributed by atoms with E-state index in [0.29, 0.717) is 0 Å². The minimum absolute atomic E-state index is 0.194. The number of carbonyl (C=O) groups excluding carboxylic acids is 1. The number of H-pyrrole nitrogens is 1. The van der Waals surface area contributed by atoms with Gasteiger partial charge in [-0.25, -0.2) is 4.98 Å². The highest BCUT2D eigenvalue weighted by Gasteiger charge is 2.16. The highest BCUT2D eigenvalue weighted by molar-refractivity contribution is 5.72. The largest absolute Gasteiger partial charge is 0.345 e. The molecule has 0 atom stereocenters. The van der Waals surface area contributed by atoms with Gasteiger partial charge < -0.3 is 9.88 Å². The van der Waals surface area contributed by atoms with Crippen LogP contribution in [0.5, 0.6) is 0 Å². The summed E-state index contributed by atoms with van der Waals surface area (Å²) in [5.74, 6) is 0. The van der Waals surface area contributed by atoms with E-state index in [0.717, 1.165) is 37.1 Å². The van der Waals surface area contributed by atoms with Crippen LogP contribution < -0.4 is 0 Å². The molecule has 2 heterocycles. The molecule has 1 aromatic heterocycles. The number of aromatic nitrogens is 2. The number of allylic oxidation sites excluding steroid dienone is 1. The number of non-ortho nitro benzene ring substituents is 1. The van der Waals surface area contributed by atoms with Crippen LogP contribution >= 0.6 is 0 Å². The zero-order valence-corrected chi connectivity index (χ0v) is 12.8. The van der Waals surface area contributed by atoms with Crippen LogP contribution in [0.25, 0.3) is 6.08 Å². The Morgan fingerprint density at radius 1 is 1.39 bits per heavy atom. The predicted molar refractivity (Wildman–Crippen MR) is 86.8 cm³/mol. The maximum Gasteiger partial charge on any atom is 0.269 e. The number of likely N-dealkylation sites (N-methyl/N-ethyl adjacent to an activating group) is 1. The van der Waals surface area contributed by atoms with Gasteiger partial charge in [-0.05, 0) is 36.7 Å². The van der Waals surface area contributed by atoms with Gasteiger partial charge in [0.1, 0.15) is 6.29 Å². The van der Waals surface area contributed by atoms with Crippen molar-refractivity contribution in [2.24, 2.45) is 0 Å². The zero-order chi connectivity index (χ0) is 16.7. The summed E-state index contributed by atoms with van der Waals surface area (Å²) in [6.45, 7) is 1.85. The Labute approximate surface area is 133 Å². The van der Waals surface area contributed by atoms with Gasteiger partial charge in [0.15, 0.2) is 0 Å². The number of hydrogen-bond acceptors (Lipinski definition) is 5. The van der Waals surface area contributed by atoms with Crippen LogP contribution in [-0.2, 0) is 17.8 Å². The standard InChI is InChI=1S/C10H12N2O2.C6H6N2O/c1-11-5-4-8-2-3-10(12(13)14)6-9(8)7-11;9-3-1-2-6-4-7-5-8-6/h2-3,6H,4-5,7H2,1H3;1-5H,(H,7,8)/b;2-1+. The molecule has 0 saturated heterocycles. The molecule has 0 unspecified atom stereocenters. The topological polar surface area (TPSA) is 92.1 Å². The highest BCUT2D eigenvalue weighted by atomic mass is 16.6. The zero-order valence-electron chi connectivity index (χ0n) is 12.8. The normalized spacial score (nSPS) is 14.0. The summed E-state index contributed by atoms with van der Waals surface area (Å²) in [7, 11) is 2.03. The first-order valence-electron chi connectivity index (χ1n) is 7.15. The Bertz CT molecular complexity index is 695. The third-order valence-electron chi connectivity index (χ3n) is 3.48. The van der Waals surface area contributed by atoms with Crippen LogP contribution in [0.3, 0.4) is 0 Å². The minimum Gasteiger partial charge on any atom is -0.345 e. The molecule has 1 N–H and O–H groups in total. The fourth-order valence-corrected chi connectivity index (χ4v) is 2.30. The number of benzene rings is 1. The smallest absolute Gasteiger partial charge is 0.269 e. The quantitative estimate of drug-likeness (QED) is 0.406. The van der Waals surface area contributed by atoms with E-state index in [1.54, 1.807) is 30.7 Å². The predicted octanol–water partition coefficient (Wildman–Crippen LogP) is 2.20. The molecule has 1 aromatic carbocycles. The van der Waals surface area contributed by atoms with Crippen molar-refractivity contribution in [2.75, 3.05) is 13.6 Å². The SMILES string of the molecule is CN1CCc2ccc([N+](=O)[O-])cc2C1.O=C/C=C/c1cnc[nH]1. The van der Waals surface area contributed by atoms with Gasteiger partial charge in [0.2, 0.25) is 0 Å². The minimum atomic E-state index is -0.338. The first-order chi connectivity index (χ1) is 11.1. The molecule has 0 radical (unpaired) electrons. The first-order valence-corrected chi connectivity index (χ1v) is 7.15. The van der Waals surface area contributed by atoms with E-state index in [1.165, 1.54) is 11.6 Å². The number of nitro benzene ring substituents is 1. The van der Waals surface area contributed by atoms with Gasteiger partial charge in [-0.15, -0.1) is 0 Å². The molecule has 2 aromatic rings. The average molecular weight is 314 g/mol. The van der Waals surface area contributed by atoms with E-state index in [2.05, 4.69) is 14.9 Å². The monoisotopic (exact) mass is 314 g/mol. The molecule has 0 aliphatic carbocycles. The fourth-order valence-electron chi connectivity index (χ4n) is 2.30. The van der Waals surface area contributed by atoms with Gasteiger partial charge in [0.05, 0.1) is 23.1 Å². The van der Waals surface area contributed by atoms with Gasteiger partial charge in [0.25, 0.3) is 5.69 Å². The van der Waals surface area contributed by atoms with Crippen molar-refractivity contribution in [3.05, 3.63) is 63.7 Å². The van der Waals surface area contributed by atoms with Gasteiger partial charge >= 0.3 is 0 Å². The van der Waals surface area contributed by atoms with Gasteiger partial charge in [-0.1, -0.05) is 6.07 Å². The van der Waals surface area contributed by atoms with Crippen molar-refractivity contribution in [2.45, 2.75) is 13.0 Å². The number of hydrogen-bond donors (Lipinski definition) is 1. The van der Waals surface area contributed by atoms with Crippen LogP contribution in [0.2, 0.25) is 0 Å². The van der Waals surface area contributed by atoms with E-state index >= 15 is 0 Å². The molecule has 7 nitrogen and oxygen atoms in total. The maximum atomic E-state index is 10.6. The van der Waals surface area contributed by atoms with Crippen molar-refractivity contribution in [1.82, 2.24) is 14.9 Å². The lowest BCUT2D eigenvalue weighted by atomic mass is 10.00. The number of nitro groups is 1. The second-order valence-electron chi connectivity index (χ2n) is 5.20. The van der Waals surface area contributed by atoms with Crippen molar-refractivity contribution in [3.63, 3.8) is 0 Å². The fraction of sp³-hybridized carbons (Fsp3) is 0.250. The van der Waals surface area contributed by atoms with Crippen LogP contribution in [0, 0.1) is 10.1 Å². The maximum absolute atomic E-state index is 10.6. The van der Waals surface area contributed by atoms with Gasteiger partial charge in [-0.3, -0.25) is 14.9 Å².